The summed E-state index contributed by atoms with van der Waals surface area (Å²) in [6.07, 6.45) is 0.605. The van der Waals surface area contributed by atoms with Gasteiger partial charge in [0, 0.05) is 50.7 Å². The van der Waals surface area contributed by atoms with Crippen LogP contribution in [0.4, 0.5) is 25.8 Å². The lowest BCUT2D eigenvalue weighted by Crippen LogP contribution is -2.66. The van der Waals surface area contributed by atoms with Crippen molar-refractivity contribution in [3.8, 4) is 17.3 Å². The van der Waals surface area contributed by atoms with E-state index in [1.54, 1.807) is 17.0 Å². The summed E-state index contributed by atoms with van der Waals surface area (Å²) in [6.45, 7) is 8.69. The summed E-state index contributed by atoms with van der Waals surface area (Å²) in [6, 6.07) is 10.4. The van der Waals surface area contributed by atoms with Crippen LogP contribution in [0, 0.1) is 29.5 Å². The highest BCUT2D eigenvalue weighted by atomic mass is 32.1. The summed E-state index contributed by atoms with van der Waals surface area (Å²) in [5, 5.41) is 25.7. The summed E-state index contributed by atoms with van der Waals surface area (Å²) in [5.74, 6) is 0.493. The monoisotopic (exact) mass is 601 g/mol. The number of amides is 2. The molecule has 222 valence electrons. The van der Waals surface area contributed by atoms with E-state index in [1.807, 2.05) is 35.4 Å². The number of hydrogen-bond donors (Lipinski definition) is 1. The molecule has 3 aliphatic rings. The molecular weight excluding hydrogens is 569 g/mol. The van der Waals surface area contributed by atoms with E-state index in [0.717, 1.165) is 55.2 Å². The molecule has 1 N–H and O–H groups in total. The van der Waals surface area contributed by atoms with E-state index < -0.39 is 6.10 Å². The first-order valence-corrected chi connectivity index (χ1v) is 15.3. The number of aromatic nitrogens is 4. The number of pyridine rings is 1. The van der Waals surface area contributed by atoms with Gasteiger partial charge in [-0.3, -0.25) is 0 Å². The van der Waals surface area contributed by atoms with Crippen molar-refractivity contribution >= 4 is 45.0 Å². The van der Waals surface area contributed by atoms with Crippen molar-refractivity contribution in [1.29, 1.82) is 5.26 Å². The molecule has 13 heteroatoms. The number of benzene rings is 1. The zero-order valence-corrected chi connectivity index (χ0v) is 25.1. The topological polar surface area (TPSA) is 118 Å². The van der Waals surface area contributed by atoms with Gasteiger partial charge in [-0.25, -0.2) is 23.8 Å². The van der Waals surface area contributed by atoms with E-state index in [9.17, 15) is 19.6 Å². The van der Waals surface area contributed by atoms with E-state index in [0.29, 0.717) is 46.5 Å². The number of likely N-dealkylation sites (tertiary alicyclic amines) is 2. The molecule has 0 saturated carbocycles. The first-order valence-electron chi connectivity index (χ1n) is 14.4. The Hall–Kier alpha value is -4.28. The van der Waals surface area contributed by atoms with Gasteiger partial charge in [-0.1, -0.05) is 11.3 Å². The lowest BCUT2D eigenvalue weighted by atomic mass is 9.79. The molecule has 4 aromatic rings. The SMILES string of the molecule is CCn1nc2nc(C)c(N3CCC4(CN(C(=O)N5CC(O)C5)C4)C3)cc2c1N(C)c1nc(-c2ccc(F)cc2)c(C#N)s1. The minimum atomic E-state index is -0.395. The predicted molar refractivity (Wildman–Crippen MR) is 162 cm³/mol. The summed E-state index contributed by atoms with van der Waals surface area (Å²) < 4.78 is 15.4. The molecule has 3 aliphatic heterocycles. The molecule has 1 spiro atoms. The number of anilines is 3. The van der Waals surface area contributed by atoms with Gasteiger partial charge in [0.15, 0.2) is 10.8 Å². The lowest BCUT2D eigenvalue weighted by molar-refractivity contribution is -0.0161. The van der Waals surface area contributed by atoms with Crippen LogP contribution in [-0.2, 0) is 6.54 Å². The summed E-state index contributed by atoms with van der Waals surface area (Å²) in [7, 11) is 1.92. The van der Waals surface area contributed by atoms with Crippen LogP contribution in [-0.4, -0.2) is 93.1 Å². The third kappa shape index (κ3) is 4.56. The van der Waals surface area contributed by atoms with Crippen LogP contribution >= 0.6 is 11.3 Å². The van der Waals surface area contributed by atoms with Crippen molar-refractivity contribution in [3.05, 3.63) is 46.7 Å². The van der Waals surface area contributed by atoms with Gasteiger partial charge < -0.3 is 24.7 Å². The number of hydrogen-bond acceptors (Lipinski definition) is 9. The van der Waals surface area contributed by atoms with Crippen molar-refractivity contribution < 1.29 is 14.3 Å². The van der Waals surface area contributed by atoms with E-state index in [-0.39, 0.29) is 17.3 Å². The van der Waals surface area contributed by atoms with E-state index in [4.69, 9.17) is 15.1 Å². The highest BCUT2D eigenvalue weighted by Gasteiger charge is 2.51. The van der Waals surface area contributed by atoms with Gasteiger partial charge in [0.05, 0.1) is 36.0 Å². The molecule has 3 fully saturated rings. The lowest BCUT2D eigenvalue weighted by Gasteiger charge is -2.51. The van der Waals surface area contributed by atoms with Crippen LogP contribution in [0.25, 0.3) is 22.3 Å². The maximum absolute atomic E-state index is 13.5. The Morgan fingerprint density at radius 1 is 1.21 bits per heavy atom. The molecule has 0 bridgehead atoms. The molecular formula is C30H32FN9O2S. The van der Waals surface area contributed by atoms with E-state index in [1.165, 1.54) is 23.5 Å². The fraction of sp³-hybridized carbons (Fsp3) is 0.433. The number of halogens is 1. The predicted octanol–water partition coefficient (Wildman–Crippen LogP) is 3.97. The van der Waals surface area contributed by atoms with Crippen LogP contribution in [0.3, 0.4) is 0 Å². The van der Waals surface area contributed by atoms with Crippen molar-refractivity contribution in [3.63, 3.8) is 0 Å². The Kier molecular flexibility index (Phi) is 6.51. The molecule has 3 saturated heterocycles. The van der Waals surface area contributed by atoms with Gasteiger partial charge in [0.25, 0.3) is 0 Å². The zero-order chi connectivity index (χ0) is 30.0. The number of carbonyl (C=O) groups excluding carboxylic acids is 1. The molecule has 6 heterocycles. The molecule has 0 radical (unpaired) electrons. The fourth-order valence-electron chi connectivity index (χ4n) is 6.55. The highest BCUT2D eigenvalue weighted by molar-refractivity contribution is 7.16. The Balaban J connectivity index is 1.17. The number of nitrogens with zero attached hydrogens (tertiary/aromatic N) is 9. The Morgan fingerprint density at radius 2 is 1.95 bits per heavy atom. The van der Waals surface area contributed by atoms with Crippen LogP contribution in [0.2, 0.25) is 0 Å². The Bertz CT molecular complexity index is 1770. The molecule has 43 heavy (non-hydrogen) atoms. The van der Waals surface area contributed by atoms with Crippen LogP contribution in [0.15, 0.2) is 30.3 Å². The number of rotatable bonds is 5. The van der Waals surface area contributed by atoms with Gasteiger partial charge in [-0.05, 0) is 50.6 Å². The van der Waals surface area contributed by atoms with Gasteiger partial charge in [0.1, 0.15) is 28.3 Å². The number of β-amino-alcohol motifs (C(OH)–C–C–N with tert-alkyl or cyclic N) is 1. The maximum atomic E-state index is 13.5. The van der Waals surface area contributed by atoms with Gasteiger partial charge in [-0.15, -0.1) is 0 Å². The van der Waals surface area contributed by atoms with Crippen molar-refractivity contribution in [2.45, 2.75) is 32.9 Å². The number of fused-ring (bicyclic) bond motifs is 1. The fourth-order valence-corrected chi connectivity index (χ4v) is 7.40. The molecule has 11 nitrogen and oxygen atoms in total. The van der Waals surface area contributed by atoms with Crippen LogP contribution in [0.1, 0.15) is 23.9 Å². The second kappa shape index (κ2) is 10.2. The molecule has 1 aromatic carbocycles. The van der Waals surface area contributed by atoms with Crippen molar-refractivity contribution in [2.24, 2.45) is 5.41 Å². The third-order valence-electron chi connectivity index (χ3n) is 8.84. The number of aryl methyl sites for hydroxylation is 2. The van der Waals surface area contributed by atoms with Crippen molar-refractivity contribution in [1.82, 2.24) is 29.5 Å². The van der Waals surface area contributed by atoms with Crippen molar-refractivity contribution in [2.75, 3.05) is 56.1 Å². The first kappa shape index (κ1) is 27.5. The number of aliphatic hydroxyl groups excluding tert-OH is 1. The minimum absolute atomic E-state index is 0.0256. The normalized spacial score (nSPS) is 17.8. The second-order valence-corrected chi connectivity index (χ2v) is 12.8. The average molecular weight is 602 g/mol. The average Bonchev–Trinajstić information content (AvgIpc) is 3.69. The summed E-state index contributed by atoms with van der Waals surface area (Å²) >= 11 is 1.28. The molecule has 3 aromatic heterocycles. The van der Waals surface area contributed by atoms with Gasteiger partial charge >= 0.3 is 6.03 Å². The largest absolute Gasteiger partial charge is 0.389 e. The third-order valence-corrected chi connectivity index (χ3v) is 9.88. The smallest absolute Gasteiger partial charge is 0.320 e. The number of aliphatic hydroxyl groups is 1. The van der Waals surface area contributed by atoms with E-state index >= 15 is 0 Å². The number of thiazole rings is 1. The molecule has 2 amide bonds. The van der Waals surface area contributed by atoms with Gasteiger partial charge in [-0.2, -0.15) is 10.4 Å². The van der Waals surface area contributed by atoms with Gasteiger partial charge in [0.2, 0.25) is 0 Å². The Labute approximate surface area is 252 Å². The molecule has 0 aliphatic carbocycles. The summed E-state index contributed by atoms with van der Waals surface area (Å²) in [5.41, 5.74) is 3.88. The minimum Gasteiger partial charge on any atom is -0.389 e. The maximum Gasteiger partial charge on any atom is 0.320 e. The number of carbonyl (C=O) groups is 1. The zero-order valence-electron chi connectivity index (χ0n) is 24.3. The second-order valence-electron chi connectivity index (χ2n) is 11.8. The van der Waals surface area contributed by atoms with E-state index in [2.05, 4.69) is 17.0 Å². The Morgan fingerprint density at radius 3 is 2.63 bits per heavy atom. The molecule has 0 unspecified atom stereocenters. The van der Waals surface area contributed by atoms with Crippen LogP contribution < -0.4 is 9.80 Å². The first-order chi connectivity index (χ1) is 20.7. The standard InChI is InChI=1S/C30H32FN9O2S/c1-4-40-27(36(3)28-34-25(24(12-32)43-28)19-5-7-20(31)8-6-19)22-11-23(18(2)33-26(22)35-40)37-10-9-30(15-37)16-39(17-30)29(42)38-13-21(41)14-38/h5-8,11,21,41H,4,9-10,13-17H2,1-3H3. The molecule has 0 atom stereocenters. The highest BCUT2D eigenvalue weighted by Crippen LogP contribution is 2.44. The number of urea groups is 1. The number of nitriles is 1. The summed E-state index contributed by atoms with van der Waals surface area (Å²) in [4.78, 5) is 30.8. The molecule has 7 rings (SSSR count). The quantitative estimate of drug-likeness (QED) is 0.365. The van der Waals surface area contributed by atoms with Crippen LogP contribution in [0.5, 0.6) is 0 Å².